The summed E-state index contributed by atoms with van der Waals surface area (Å²) in [7, 11) is 0. The number of rotatable bonds is 4. The van der Waals surface area contributed by atoms with Gasteiger partial charge in [-0.05, 0) is 19.3 Å². The third-order valence-corrected chi connectivity index (χ3v) is 3.47. The second-order valence-electron chi connectivity index (χ2n) is 4.98. The van der Waals surface area contributed by atoms with Gasteiger partial charge in [0.1, 0.15) is 0 Å². The van der Waals surface area contributed by atoms with E-state index >= 15 is 0 Å². The second-order valence-corrected chi connectivity index (χ2v) is 4.98. The van der Waals surface area contributed by atoms with E-state index in [0.717, 1.165) is 12.8 Å². The minimum Gasteiger partial charge on any atom is -0.355 e. The van der Waals surface area contributed by atoms with Crippen molar-refractivity contribution in [3.05, 3.63) is 23.1 Å². The lowest BCUT2D eigenvalue weighted by atomic mass is 10.0. The first-order chi connectivity index (χ1) is 9.93. The van der Waals surface area contributed by atoms with E-state index < -0.39 is 11.9 Å². The van der Waals surface area contributed by atoms with Crippen LogP contribution in [0, 0.1) is 5.92 Å². The Morgan fingerprint density at radius 1 is 1.48 bits per heavy atom. The molecule has 0 aliphatic heterocycles. The van der Waals surface area contributed by atoms with Gasteiger partial charge in [-0.25, -0.2) is 0 Å². The Bertz CT molecular complexity index is 683. The molecule has 0 saturated heterocycles. The van der Waals surface area contributed by atoms with Crippen LogP contribution < -0.4 is 0 Å². The van der Waals surface area contributed by atoms with Crippen molar-refractivity contribution in [2.24, 2.45) is 5.92 Å². The highest BCUT2D eigenvalue weighted by Gasteiger charge is 2.41. The van der Waals surface area contributed by atoms with E-state index in [4.69, 9.17) is 4.52 Å². The van der Waals surface area contributed by atoms with E-state index in [-0.39, 0.29) is 34.3 Å². The van der Waals surface area contributed by atoms with Crippen LogP contribution >= 0.6 is 0 Å². The van der Waals surface area contributed by atoms with E-state index in [2.05, 4.69) is 15.4 Å². The third-order valence-electron chi connectivity index (χ3n) is 3.47. The number of hydrogen-bond acceptors (Lipinski definition) is 4. The van der Waals surface area contributed by atoms with Gasteiger partial charge in [0.25, 0.3) is 0 Å². The summed E-state index contributed by atoms with van der Waals surface area (Å²) < 4.78 is 44.1. The topological polar surface area (TPSA) is 71.8 Å². The molecule has 2 aromatic rings. The van der Waals surface area contributed by atoms with Gasteiger partial charge in [0.2, 0.25) is 0 Å². The van der Waals surface area contributed by atoms with Gasteiger partial charge in [-0.2, -0.15) is 18.3 Å². The molecule has 3 rings (SSSR count). The van der Waals surface area contributed by atoms with E-state index in [1.807, 2.05) is 0 Å². The molecule has 0 unspecified atom stereocenters. The second kappa shape index (κ2) is 4.71. The Labute approximate surface area is 117 Å². The average Bonchev–Trinajstić information content (AvgIpc) is 3.00. The third kappa shape index (κ3) is 2.34. The summed E-state index contributed by atoms with van der Waals surface area (Å²) in [6.45, 7) is 1.69. The highest BCUT2D eigenvalue weighted by Crippen LogP contribution is 2.41. The summed E-state index contributed by atoms with van der Waals surface area (Å²) in [5.41, 5.74) is -0.935. The molecular weight excluding hydrogens is 287 g/mol. The maximum atomic E-state index is 13.1. The van der Waals surface area contributed by atoms with Crippen molar-refractivity contribution >= 4 is 5.78 Å². The Morgan fingerprint density at radius 3 is 2.76 bits per heavy atom. The Balaban J connectivity index is 2.14. The quantitative estimate of drug-likeness (QED) is 0.880. The van der Waals surface area contributed by atoms with Crippen LogP contribution in [0.5, 0.6) is 0 Å². The number of H-pyrrole nitrogens is 1. The maximum Gasteiger partial charge on any atom is 0.435 e. The summed E-state index contributed by atoms with van der Waals surface area (Å²) >= 11 is 0. The smallest absolute Gasteiger partial charge is 0.355 e. The summed E-state index contributed by atoms with van der Waals surface area (Å²) in [5, 5.41) is 9.19. The van der Waals surface area contributed by atoms with Gasteiger partial charge < -0.3 is 4.52 Å². The van der Waals surface area contributed by atoms with Crippen LogP contribution in [0.25, 0.3) is 11.3 Å². The number of halogens is 3. The van der Waals surface area contributed by atoms with Crippen LogP contribution in [0.1, 0.15) is 41.5 Å². The molecule has 2 heterocycles. The molecule has 1 fully saturated rings. The largest absolute Gasteiger partial charge is 0.435 e. The Hall–Kier alpha value is -2.12. The molecule has 0 amide bonds. The molecule has 21 heavy (non-hydrogen) atoms. The van der Waals surface area contributed by atoms with Crippen molar-refractivity contribution in [1.29, 1.82) is 0 Å². The molecule has 1 aliphatic rings. The van der Waals surface area contributed by atoms with Crippen LogP contribution in [0.3, 0.4) is 0 Å². The molecule has 1 aliphatic carbocycles. The first-order valence-electron chi connectivity index (χ1n) is 6.57. The summed E-state index contributed by atoms with van der Waals surface area (Å²) in [6.07, 6.45) is -1.64. The van der Waals surface area contributed by atoms with E-state index in [1.54, 1.807) is 6.92 Å². The van der Waals surface area contributed by atoms with Gasteiger partial charge in [-0.15, -0.1) is 0 Å². The van der Waals surface area contributed by atoms with Gasteiger partial charge in [-0.3, -0.25) is 9.89 Å². The van der Waals surface area contributed by atoms with Crippen LogP contribution in [0.4, 0.5) is 13.2 Å². The molecular formula is C13H12F3N3O2. The summed E-state index contributed by atoms with van der Waals surface area (Å²) in [4.78, 5) is 12.1. The number of ketones is 1. The fourth-order valence-electron chi connectivity index (χ4n) is 2.24. The molecule has 0 bridgehead atoms. The monoisotopic (exact) mass is 299 g/mol. The molecule has 0 aromatic carbocycles. The molecule has 2 aromatic heterocycles. The Kier molecular flexibility index (Phi) is 3.11. The molecule has 1 saturated carbocycles. The molecule has 0 atom stereocenters. The van der Waals surface area contributed by atoms with Crippen molar-refractivity contribution < 1.29 is 22.5 Å². The zero-order chi connectivity index (χ0) is 15.2. The molecule has 1 N–H and O–H groups in total. The minimum absolute atomic E-state index is 0.0964. The number of nitrogens with one attached hydrogen (secondary N) is 1. The van der Waals surface area contributed by atoms with Crippen molar-refractivity contribution in [3.63, 3.8) is 0 Å². The van der Waals surface area contributed by atoms with Crippen LogP contribution in [0.15, 0.2) is 10.7 Å². The molecule has 8 heteroatoms. The molecule has 5 nitrogen and oxygen atoms in total. The zero-order valence-corrected chi connectivity index (χ0v) is 11.1. The molecule has 0 radical (unpaired) electrons. The highest BCUT2D eigenvalue weighted by atomic mass is 19.4. The van der Waals surface area contributed by atoms with Crippen molar-refractivity contribution in [1.82, 2.24) is 15.4 Å². The van der Waals surface area contributed by atoms with Crippen LogP contribution in [-0.4, -0.2) is 21.1 Å². The minimum atomic E-state index is -4.63. The Morgan fingerprint density at radius 2 is 2.19 bits per heavy atom. The number of aromatic amines is 1. The average molecular weight is 299 g/mol. The van der Waals surface area contributed by atoms with Gasteiger partial charge in [-0.1, -0.05) is 12.1 Å². The standard InChI is InChI=1S/C13H12F3N3O2/c1-2-8-9(12(19-18-8)13(14,15)16)11-7(5-17-21-11)10(20)6-3-4-6/h5-6H,2-4H2,1H3,(H,18,19). The fraction of sp³-hybridized carbons (Fsp3) is 0.462. The zero-order valence-electron chi connectivity index (χ0n) is 11.1. The van der Waals surface area contributed by atoms with E-state index in [9.17, 15) is 18.0 Å². The predicted octanol–water partition coefficient (Wildman–Crippen LogP) is 3.24. The number of carbonyl (C=O) groups excluding carboxylic acids is 1. The number of carbonyl (C=O) groups is 1. The van der Waals surface area contributed by atoms with Crippen LogP contribution in [0.2, 0.25) is 0 Å². The molecule has 0 spiro atoms. The SMILES string of the molecule is CCc1[nH]nc(C(F)(F)F)c1-c1oncc1C(=O)C1CC1. The first kappa shape index (κ1) is 13.8. The normalized spacial score (nSPS) is 15.4. The summed E-state index contributed by atoms with van der Waals surface area (Å²) in [6, 6.07) is 0. The van der Waals surface area contributed by atoms with Gasteiger partial charge in [0, 0.05) is 11.6 Å². The number of aryl methyl sites for hydroxylation is 1. The highest BCUT2D eigenvalue weighted by molar-refractivity contribution is 6.03. The number of alkyl halides is 3. The lowest BCUT2D eigenvalue weighted by Crippen LogP contribution is -2.09. The number of aromatic nitrogens is 3. The summed E-state index contributed by atoms with van der Waals surface area (Å²) in [5.74, 6) is -0.498. The number of nitrogens with zero attached hydrogens (tertiary/aromatic N) is 2. The van der Waals surface area contributed by atoms with Crippen molar-refractivity contribution in [2.45, 2.75) is 32.4 Å². The van der Waals surface area contributed by atoms with Crippen LogP contribution in [-0.2, 0) is 12.6 Å². The van der Waals surface area contributed by atoms with Crippen molar-refractivity contribution in [3.8, 4) is 11.3 Å². The number of hydrogen-bond donors (Lipinski definition) is 1. The van der Waals surface area contributed by atoms with Crippen molar-refractivity contribution in [2.75, 3.05) is 0 Å². The number of Topliss-reactive ketones (excluding diaryl/α,β-unsaturated/α-hetero) is 1. The van der Waals surface area contributed by atoms with Gasteiger partial charge in [0.15, 0.2) is 17.2 Å². The predicted molar refractivity (Wildman–Crippen MR) is 65.5 cm³/mol. The fourth-order valence-corrected chi connectivity index (χ4v) is 2.24. The first-order valence-corrected chi connectivity index (χ1v) is 6.57. The van der Waals surface area contributed by atoms with Gasteiger partial charge in [0.05, 0.1) is 17.3 Å². The van der Waals surface area contributed by atoms with Gasteiger partial charge >= 0.3 is 6.18 Å². The lowest BCUT2D eigenvalue weighted by molar-refractivity contribution is -0.140. The maximum absolute atomic E-state index is 13.1. The lowest BCUT2D eigenvalue weighted by Gasteiger charge is -2.06. The van der Waals surface area contributed by atoms with E-state index in [0.29, 0.717) is 6.42 Å². The van der Waals surface area contributed by atoms with E-state index in [1.165, 1.54) is 6.20 Å². The molecule has 112 valence electrons.